The van der Waals surface area contributed by atoms with Crippen LogP contribution in [0.3, 0.4) is 0 Å². The van der Waals surface area contributed by atoms with Crippen molar-refractivity contribution in [1.82, 2.24) is 0 Å². The van der Waals surface area contributed by atoms with E-state index in [0.29, 0.717) is 19.6 Å². The fourth-order valence-corrected chi connectivity index (χ4v) is 1.80. The summed E-state index contributed by atoms with van der Waals surface area (Å²) in [7, 11) is 0. The minimum atomic E-state index is 0.280. The van der Waals surface area contributed by atoms with Crippen LogP contribution in [-0.4, -0.2) is 19.5 Å². The Hall–Kier alpha value is -1.41. The summed E-state index contributed by atoms with van der Waals surface area (Å²) in [5.41, 5.74) is 2.40. The molecule has 0 bridgehead atoms. The third-order valence-corrected chi connectivity index (χ3v) is 2.64. The first kappa shape index (κ1) is 10.1. The summed E-state index contributed by atoms with van der Waals surface area (Å²) < 4.78 is 5.37. The maximum atomic E-state index is 10.5. The Bertz CT molecular complexity index is 354. The molecule has 0 radical (unpaired) electrons. The molecule has 15 heavy (non-hydrogen) atoms. The Balaban J connectivity index is 2.15. The van der Waals surface area contributed by atoms with E-state index in [4.69, 9.17) is 4.74 Å². The molecule has 0 aromatic heterocycles. The molecule has 1 unspecified atom stereocenters. The molecule has 0 N–H and O–H groups in total. The van der Waals surface area contributed by atoms with Crippen LogP contribution in [0.5, 0.6) is 0 Å². The van der Waals surface area contributed by atoms with Crippen molar-refractivity contribution < 1.29 is 9.53 Å². The van der Waals surface area contributed by atoms with Gasteiger partial charge in [0.15, 0.2) is 0 Å². The summed E-state index contributed by atoms with van der Waals surface area (Å²) >= 11 is 0. The van der Waals surface area contributed by atoms with Gasteiger partial charge >= 0.3 is 0 Å². The van der Waals surface area contributed by atoms with Crippen LogP contribution >= 0.6 is 0 Å². The molecule has 0 spiro atoms. The number of rotatable bonds is 3. The van der Waals surface area contributed by atoms with Gasteiger partial charge in [0.2, 0.25) is 0 Å². The first-order valence-electron chi connectivity index (χ1n) is 5.17. The second-order valence-corrected chi connectivity index (χ2v) is 3.74. The molecule has 2 heteroatoms. The van der Waals surface area contributed by atoms with Crippen LogP contribution < -0.4 is 0 Å². The van der Waals surface area contributed by atoms with E-state index in [0.717, 1.165) is 6.29 Å². The highest BCUT2D eigenvalue weighted by molar-refractivity contribution is 5.57. The molecule has 1 aliphatic heterocycles. The molecular formula is C13H14O2. The molecule has 0 saturated carbocycles. The third-order valence-electron chi connectivity index (χ3n) is 2.64. The van der Waals surface area contributed by atoms with Gasteiger partial charge in [-0.15, -0.1) is 0 Å². The second kappa shape index (κ2) is 4.89. The normalized spacial score (nSPS) is 23.2. The first-order valence-corrected chi connectivity index (χ1v) is 5.17. The highest BCUT2D eigenvalue weighted by atomic mass is 16.5. The van der Waals surface area contributed by atoms with Crippen molar-refractivity contribution in [3.8, 4) is 0 Å². The highest BCUT2D eigenvalue weighted by Gasteiger charge is 2.20. The zero-order valence-corrected chi connectivity index (χ0v) is 8.56. The standard InChI is InChI=1S/C13H14O2/c14-7-6-12-9-15-10-13(12)8-11-4-2-1-3-5-11/h1-5,7-8,12H,6,9-10H2/b13-8-. The highest BCUT2D eigenvalue weighted by Crippen LogP contribution is 2.24. The van der Waals surface area contributed by atoms with E-state index in [1.54, 1.807) is 0 Å². The summed E-state index contributed by atoms with van der Waals surface area (Å²) in [5.74, 6) is 0.280. The summed E-state index contributed by atoms with van der Waals surface area (Å²) in [5, 5.41) is 0. The molecule has 2 rings (SSSR count). The zero-order chi connectivity index (χ0) is 10.5. The van der Waals surface area contributed by atoms with E-state index < -0.39 is 0 Å². The van der Waals surface area contributed by atoms with Gasteiger partial charge in [-0.25, -0.2) is 0 Å². The van der Waals surface area contributed by atoms with Crippen LogP contribution in [0.25, 0.3) is 6.08 Å². The van der Waals surface area contributed by atoms with Crippen molar-refractivity contribution in [2.45, 2.75) is 6.42 Å². The van der Waals surface area contributed by atoms with Gasteiger partial charge < -0.3 is 9.53 Å². The van der Waals surface area contributed by atoms with Crippen molar-refractivity contribution in [3.63, 3.8) is 0 Å². The fourth-order valence-electron chi connectivity index (χ4n) is 1.80. The van der Waals surface area contributed by atoms with Gasteiger partial charge in [-0.3, -0.25) is 0 Å². The van der Waals surface area contributed by atoms with Gasteiger partial charge in [0.1, 0.15) is 6.29 Å². The second-order valence-electron chi connectivity index (χ2n) is 3.74. The van der Waals surface area contributed by atoms with Crippen LogP contribution in [-0.2, 0) is 9.53 Å². The maximum absolute atomic E-state index is 10.5. The van der Waals surface area contributed by atoms with Crippen molar-refractivity contribution in [3.05, 3.63) is 41.5 Å². The first-order chi connectivity index (χ1) is 7.40. The Labute approximate surface area is 89.6 Å². The summed E-state index contributed by atoms with van der Waals surface area (Å²) in [6.45, 7) is 1.34. The van der Waals surface area contributed by atoms with Crippen LogP contribution in [0.2, 0.25) is 0 Å². The summed E-state index contributed by atoms with van der Waals surface area (Å²) in [6.07, 6.45) is 3.66. The number of carbonyl (C=O) groups is 1. The quantitative estimate of drug-likeness (QED) is 0.703. The van der Waals surface area contributed by atoms with Gasteiger partial charge in [-0.05, 0) is 11.1 Å². The van der Waals surface area contributed by atoms with E-state index in [2.05, 4.69) is 18.2 Å². The molecule has 0 amide bonds. The number of ether oxygens (including phenoxy) is 1. The summed E-state index contributed by atoms with van der Waals surface area (Å²) in [6, 6.07) is 10.1. The monoisotopic (exact) mass is 202 g/mol. The minimum Gasteiger partial charge on any atom is -0.376 e. The van der Waals surface area contributed by atoms with Gasteiger partial charge in [0.05, 0.1) is 13.2 Å². The molecule has 78 valence electrons. The van der Waals surface area contributed by atoms with Crippen LogP contribution in [0.4, 0.5) is 0 Å². The SMILES string of the molecule is O=CCC1COC/C1=C/c1ccccc1. The van der Waals surface area contributed by atoms with Crippen molar-refractivity contribution in [2.75, 3.05) is 13.2 Å². The molecule has 1 saturated heterocycles. The van der Waals surface area contributed by atoms with Gasteiger partial charge in [-0.2, -0.15) is 0 Å². The molecular weight excluding hydrogens is 188 g/mol. The van der Waals surface area contributed by atoms with Crippen LogP contribution in [0.15, 0.2) is 35.9 Å². The molecule has 1 aliphatic rings. The predicted molar refractivity (Wildman–Crippen MR) is 59.4 cm³/mol. The Morgan fingerprint density at radius 2 is 2.13 bits per heavy atom. The van der Waals surface area contributed by atoms with Crippen molar-refractivity contribution >= 4 is 12.4 Å². The number of aldehydes is 1. The van der Waals surface area contributed by atoms with E-state index in [1.807, 2.05) is 18.2 Å². The van der Waals surface area contributed by atoms with E-state index in [-0.39, 0.29) is 5.92 Å². The van der Waals surface area contributed by atoms with Crippen molar-refractivity contribution in [2.24, 2.45) is 5.92 Å². The van der Waals surface area contributed by atoms with E-state index >= 15 is 0 Å². The molecule has 1 fully saturated rings. The smallest absolute Gasteiger partial charge is 0.120 e. The number of benzene rings is 1. The number of hydrogen-bond acceptors (Lipinski definition) is 2. The van der Waals surface area contributed by atoms with Crippen molar-refractivity contribution in [1.29, 1.82) is 0 Å². The number of hydrogen-bond donors (Lipinski definition) is 0. The maximum Gasteiger partial charge on any atom is 0.120 e. The lowest BCUT2D eigenvalue weighted by Gasteiger charge is -2.05. The largest absolute Gasteiger partial charge is 0.376 e. The van der Waals surface area contributed by atoms with Gasteiger partial charge in [-0.1, -0.05) is 36.4 Å². The third kappa shape index (κ3) is 2.54. The van der Waals surface area contributed by atoms with E-state index in [9.17, 15) is 4.79 Å². The Kier molecular flexibility index (Phi) is 3.30. The zero-order valence-electron chi connectivity index (χ0n) is 8.56. The molecule has 1 aromatic carbocycles. The van der Waals surface area contributed by atoms with E-state index in [1.165, 1.54) is 11.1 Å². The Morgan fingerprint density at radius 1 is 1.33 bits per heavy atom. The molecule has 1 heterocycles. The van der Waals surface area contributed by atoms with Crippen LogP contribution in [0.1, 0.15) is 12.0 Å². The lowest BCUT2D eigenvalue weighted by molar-refractivity contribution is -0.108. The average molecular weight is 202 g/mol. The molecule has 0 aliphatic carbocycles. The number of carbonyl (C=O) groups excluding carboxylic acids is 1. The van der Waals surface area contributed by atoms with Crippen LogP contribution in [0, 0.1) is 5.92 Å². The molecule has 1 atom stereocenters. The van der Waals surface area contributed by atoms with Gasteiger partial charge in [0.25, 0.3) is 0 Å². The topological polar surface area (TPSA) is 26.3 Å². The predicted octanol–water partition coefficient (Wildman–Crippen LogP) is 2.31. The minimum absolute atomic E-state index is 0.280. The lowest BCUT2D eigenvalue weighted by Crippen LogP contribution is -2.02. The lowest BCUT2D eigenvalue weighted by atomic mass is 9.98. The molecule has 2 nitrogen and oxygen atoms in total. The summed E-state index contributed by atoms with van der Waals surface area (Å²) in [4.78, 5) is 10.5. The average Bonchev–Trinajstić information content (AvgIpc) is 2.68. The molecule has 1 aromatic rings. The fraction of sp³-hybridized carbons (Fsp3) is 0.308. The Morgan fingerprint density at radius 3 is 2.87 bits per heavy atom. The van der Waals surface area contributed by atoms with Gasteiger partial charge in [0, 0.05) is 12.3 Å².